The molecule has 0 fully saturated rings. The Balaban J connectivity index is 1.21. The number of hydrogen-bond donors (Lipinski definition) is 0. The molecule has 0 amide bonds. The molecule has 222 valence electrons. The summed E-state index contributed by atoms with van der Waals surface area (Å²) < 4.78 is 6.44. The van der Waals surface area contributed by atoms with Crippen LogP contribution in [0.3, 0.4) is 0 Å². The van der Waals surface area contributed by atoms with E-state index in [0.717, 1.165) is 62.6 Å². The predicted molar refractivity (Wildman–Crippen MR) is 191 cm³/mol. The summed E-state index contributed by atoms with van der Waals surface area (Å²) in [4.78, 5) is 15.2. The lowest BCUT2D eigenvalue weighted by Crippen LogP contribution is -2.02. The van der Waals surface area contributed by atoms with Crippen molar-refractivity contribution < 1.29 is 4.42 Å². The first-order chi connectivity index (χ1) is 23.3. The number of rotatable bonds is 5. The van der Waals surface area contributed by atoms with Gasteiger partial charge in [-0.1, -0.05) is 127 Å². The number of hydrogen-bond acceptors (Lipinski definition) is 4. The summed E-state index contributed by atoms with van der Waals surface area (Å²) in [5.74, 6) is 1.90. The van der Waals surface area contributed by atoms with Gasteiger partial charge in [0.25, 0.3) is 0 Å². The Morgan fingerprint density at radius 3 is 1.87 bits per heavy atom. The van der Waals surface area contributed by atoms with Crippen LogP contribution in [0.5, 0.6) is 0 Å². The minimum Gasteiger partial charge on any atom is -0.456 e. The van der Waals surface area contributed by atoms with Crippen molar-refractivity contribution in [2.24, 2.45) is 0 Å². The van der Waals surface area contributed by atoms with Crippen molar-refractivity contribution in [1.82, 2.24) is 15.0 Å². The summed E-state index contributed by atoms with van der Waals surface area (Å²) in [6, 6.07) is 50.3. The summed E-state index contributed by atoms with van der Waals surface area (Å²) in [7, 11) is 0. The molecule has 9 rings (SSSR count). The molecule has 0 aliphatic heterocycles. The largest absolute Gasteiger partial charge is 0.456 e. The first kappa shape index (κ1) is 27.2. The van der Waals surface area contributed by atoms with E-state index >= 15 is 0 Å². The maximum Gasteiger partial charge on any atom is 0.164 e. The third-order valence-electron chi connectivity index (χ3n) is 9.05. The molecule has 1 aliphatic rings. The highest BCUT2D eigenvalue weighted by atomic mass is 16.3. The van der Waals surface area contributed by atoms with Crippen LogP contribution >= 0.6 is 0 Å². The van der Waals surface area contributed by atoms with Gasteiger partial charge in [0.05, 0.1) is 0 Å². The topological polar surface area (TPSA) is 51.8 Å². The molecular formula is C43H29N3O. The zero-order valence-corrected chi connectivity index (χ0v) is 25.6. The maximum absolute atomic E-state index is 6.44. The number of furan rings is 1. The fourth-order valence-electron chi connectivity index (χ4n) is 6.67. The van der Waals surface area contributed by atoms with Crippen LogP contribution in [0, 0.1) is 0 Å². The van der Waals surface area contributed by atoms with Crippen molar-refractivity contribution in [1.29, 1.82) is 0 Å². The van der Waals surface area contributed by atoms with Crippen molar-refractivity contribution in [3.05, 3.63) is 162 Å². The summed E-state index contributed by atoms with van der Waals surface area (Å²) in [5.41, 5.74) is 11.9. The molecule has 0 N–H and O–H groups in total. The third kappa shape index (κ3) is 5.01. The highest BCUT2D eigenvalue weighted by molar-refractivity contribution is 6.12. The number of allylic oxidation sites excluding steroid dienone is 1. The van der Waals surface area contributed by atoms with Gasteiger partial charge in [-0.2, -0.15) is 0 Å². The van der Waals surface area contributed by atoms with Crippen molar-refractivity contribution in [2.45, 2.75) is 12.8 Å². The van der Waals surface area contributed by atoms with Gasteiger partial charge in [-0.25, -0.2) is 15.0 Å². The van der Waals surface area contributed by atoms with Crippen LogP contribution in [-0.2, 0) is 6.42 Å². The normalized spacial score (nSPS) is 12.6. The quantitative estimate of drug-likeness (QED) is 0.196. The molecule has 8 aromatic rings. The average molecular weight is 604 g/mol. The van der Waals surface area contributed by atoms with E-state index in [1.165, 1.54) is 22.3 Å². The Bertz CT molecular complexity index is 2450. The van der Waals surface area contributed by atoms with E-state index in [0.29, 0.717) is 17.5 Å². The molecule has 0 atom stereocenters. The van der Waals surface area contributed by atoms with E-state index in [2.05, 4.69) is 103 Å². The number of aryl methyl sites for hydroxylation is 1. The molecule has 0 bridgehead atoms. The van der Waals surface area contributed by atoms with Gasteiger partial charge in [0.15, 0.2) is 17.5 Å². The predicted octanol–water partition coefficient (Wildman–Crippen LogP) is 10.9. The molecule has 0 saturated heterocycles. The molecule has 0 unspecified atom stereocenters. The monoisotopic (exact) mass is 603 g/mol. The van der Waals surface area contributed by atoms with Crippen molar-refractivity contribution in [3.8, 4) is 45.3 Å². The second-order valence-electron chi connectivity index (χ2n) is 12.0. The highest BCUT2D eigenvalue weighted by Crippen LogP contribution is 2.39. The van der Waals surface area contributed by atoms with E-state index in [4.69, 9.17) is 19.4 Å². The van der Waals surface area contributed by atoms with Gasteiger partial charge < -0.3 is 4.42 Å². The van der Waals surface area contributed by atoms with Crippen LogP contribution in [0.15, 0.2) is 150 Å². The zero-order valence-electron chi connectivity index (χ0n) is 25.6. The maximum atomic E-state index is 6.44. The fourth-order valence-corrected chi connectivity index (χ4v) is 6.67. The number of nitrogens with zero attached hydrogens (tertiary/aromatic N) is 3. The van der Waals surface area contributed by atoms with E-state index in [9.17, 15) is 0 Å². The van der Waals surface area contributed by atoms with E-state index < -0.39 is 0 Å². The van der Waals surface area contributed by atoms with Gasteiger partial charge in [-0.05, 0) is 70.5 Å². The SMILES string of the molecule is C1=C(c2ccccc2)CCc2ccc(-c3nc(-c4ccccc4)nc(-c4cccc5oc6cc(-c7ccccc7)ccc6c45)n3)cc21. The van der Waals surface area contributed by atoms with E-state index in [1.54, 1.807) is 0 Å². The van der Waals surface area contributed by atoms with Gasteiger partial charge in [0, 0.05) is 27.5 Å². The average Bonchev–Trinajstić information content (AvgIpc) is 3.53. The first-order valence-corrected chi connectivity index (χ1v) is 16.0. The zero-order chi connectivity index (χ0) is 31.2. The molecule has 2 aromatic heterocycles. The lowest BCUT2D eigenvalue weighted by Gasteiger charge is -2.18. The molecule has 4 heteroatoms. The third-order valence-corrected chi connectivity index (χ3v) is 9.05. The molecule has 0 saturated carbocycles. The van der Waals surface area contributed by atoms with Crippen LogP contribution in [-0.4, -0.2) is 15.0 Å². The highest BCUT2D eigenvalue weighted by Gasteiger charge is 2.19. The smallest absolute Gasteiger partial charge is 0.164 e. The summed E-state index contributed by atoms with van der Waals surface area (Å²) >= 11 is 0. The van der Waals surface area contributed by atoms with Gasteiger partial charge in [-0.15, -0.1) is 0 Å². The molecular weight excluding hydrogens is 574 g/mol. The van der Waals surface area contributed by atoms with Gasteiger partial charge in [0.2, 0.25) is 0 Å². The Morgan fingerprint density at radius 1 is 0.447 bits per heavy atom. The molecule has 6 aromatic carbocycles. The minimum absolute atomic E-state index is 0.618. The lowest BCUT2D eigenvalue weighted by molar-refractivity contribution is 0.669. The van der Waals surface area contributed by atoms with E-state index in [-0.39, 0.29) is 0 Å². The standard InChI is InChI=1S/C43H29N3O/c1-4-11-28(12-5-1)32-21-19-30-20-22-34(26-35(30)25-32)42-44-41(31-15-8-3-9-16-31)45-43(46-42)37-17-10-18-38-40(37)36-24-23-33(27-39(36)47-38)29-13-6-2-7-14-29/h1-18,20,22-27H,19,21H2. The summed E-state index contributed by atoms with van der Waals surface area (Å²) in [6.07, 6.45) is 4.36. The number of benzene rings is 6. The van der Waals surface area contributed by atoms with Gasteiger partial charge >= 0.3 is 0 Å². The van der Waals surface area contributed by atoms with Crippen LogP contribution in [0.1, 0.15) is 23.1 Å². The van der Waals surface area contributed by atoms with Crippen molar-refractivity contribution in [3.63, 3.8) is 0 Å². The Labute approximate surface area is 272 Å². The minimum atomic E-state index is 0.618. The second-order valence-corrected chi connectivity index (χ2v) is 12.0. The Hall–Kier alpha value is -6.13. The fraction of sp³-hybridized carbons (Fsp3) is 0.0465. The molecule has 4 nitrogen and oxygen atoms in total. The lowest BCUT2D eigenvalue weighted by atomic mass is 9.88. The van der Waals surface area contributed by atoms with E-state index in [1.807, 2.05) is 48.5 Å². The number of aromatic nitrogens is 3. The molecule has 0 spiro atoms. The second kappa shape index (κ2) is 11.3. The molecule has 47 heavy (non-hydrogen) atoms. The summed E-state index contributed by atoms with van der Waals surface area (Å²) in [5, 5.41) is 2.03. The van der Waals surface area contributed by atoms with Crippen molar-refractivity contribution >= 4 is 33.6 Å². The van der Waals surface area contributed by atoms with Crippen LogP contribution < -0.4 is 0 Å². The Kier molecular flexibility index (Phi) is 6.57. The van der Waals surface area contributed by atoms with Gasteiger partial charge in [0.1, 0.15) is 11.2 Å². The Morgan fingerprint density at radius 2 is 1.11 bits per heavy atom. The molecule has 0 radical (unpaired) electrons. The first-order valence-electron chi connectivity index (χ1n) is 16.0. The molecule has 1 aliphatic carbocycles. The van der Waals surface area contributed by atoms with Crippen LogP contribution in [0.2, 0.25) is 0 Å². The van der Waals surface area contributed by atoms with Crippen LogP contribution in [0.25, 0.3) is 78.9 Å². The van der Waals surface area contributed by atoms with Crippen LogP contribution in [0.4, 0.5) is 0 Å². The molecule has 2 heterocycles. The van der Waals surface area contributed by atoms with Crippen molar-refractivity contribution in [2.75, 3.05) is 0 Å². The summed E-state index contributed by atoms with van der Waals surface area (Å²) in [6.45, 7) is 0. The number of fused-ring (bicyclic) bond motifs is 4. The van der Waals surface area contributed by atoms with Gasteiger partial charge in [-0.3, -0.25) is 0 Å².